The van der Waals surface area contributed by atoms with Crippen molar-refractivity contribution in [1.82, 2.24) is 15.2 Å². The highest BCUT2D eigenvalue weighted by atomic mass is 35.5. The van der Waals surface area contributed by atoms with Gasteiger partial charge in [0.2, 0.25) is 11.1 Å². The minimum atomic E-state index is -0.133. The van der Waals surface area contributed by atoms with Gasteiger partial charge in [0.05, 0.1) is 17.9 Å². The second-order valence-corrected chi connectivity index (χ2v) is 7.07. The molecule has 2 N–H and O–H groups in total. The van der Waals surface area contributed by atoms with Gasteiger partial charge in [0, 0.05) is 10.7 Å². The number of ether oxygens (including phenoxy) is 1. The van der Waals surface area contributed by atoms with E-state index in [1.54, 1.807) is 12.1 Å². The Morgan fingerprint density at radius 1 is 1.30 bits per heavy atom. The van der Waals surface area contributed by atoms with Gasteiger partial charge in [-0.25, -0.2) is 4.98 Å². The number of carbonyl (C=O) groups excluding carboxylic acids is 1. The molecule has 140 valence electrons. The Bertz CT molecular complexity index is 945. The van der Waals surface area contributed by atoms with E-state index in [2.05, 4.69) is 20.5 Å². The van der Waals surface area contributed by atoms with Gasteiger partial charge < -0.3 is 10.1 Å². The number of nitrogens with zero attached hydrogens (tertiary/aromatic N) is 2. The maximum Gasteiger partial charge on any atom is 0.234 e. The maximum absolute atomic E-state index is 12.2. The Kier molecular flexibility index (Phi) is 6.36. The van der Waals surface area contributed by atoms with Crippen molar-refractivity contribution in [3.05, 3.63) is 53.1 Å². The number of thioether (sulfide) groups is 1. The van der Waals surface area contributed by atoms with Crippen molar-refractivity contribution in [1.29, 1.82) is 0 Å². The van der Waals surface area contributed by atoms with Crippen LogP contribution in [-0.4, -0.2) is 33.4 Å². The van der Waals surface area contributed by atoms with Gasteiger partial charge in [-0.1, -0.05) is 35.5 Å². The van der Waals surface area contributed by atoms with Gasteiger partial charge in [0.25, 0.3) is 0 Å². The van der Waals surface area contributed by atoms with E-state index in [0.717, 1.165) is 22.6 Å². The highest BCUT2D eigenvalue weighted by molar-refractivity contribution is 7.99. The van der Waals surface area contributed by atoms with Crippen LogP contribution in [0, 0.1) is 6.92 Å². The molecule has 0 aliphatic rings. The minimum Gasteiger partial charge on any atom is -0.493 e. The first-order valence-corrected chi connectivity index (χ1v) is 9.76. The first-order chi connectivity index (χ1) is 13.1. The summed E-state index contributed by atoms with van der Waals surface area (Å²) in [6.07, 6.45) is 0. The number of halogens is 1. The normalized spacial score (nSPS) is 10.6. The number of nitrogens with one attached hydrogen (secondary N) is 2. The average Bonchev–Trinajstić information content (AvgIpc) is 3.12. The lowest BCUT2D eigenvalue weighted by Crippen LogP contribution is -2.14. The molecule has 0 aliphatic carbocycles. The van der Waals surface area contributed by atoms with Gasteiger partial charge in [-0.2, -0.15) is 0 Å². The topological polar surface area (TPSA) is 79.9 Å². The maximum atomic E-state index is 12.2. The summed E-state index contributed by atoms with van der Waals surface area (Å²) < 4.78 is 5.62. The number of hydrogen-bond acceptors (Lipinski definition) is 5. The Labute approximate surface area is 166 Å². The highest BCUT2D eigenvalue weighted by Crippen LogP contribution is 2.28. The zero-order valence-corrected chi connectivity index (χ0v) is 16.5. The van der Waals surface area contributed by atoms with Crippen molar-refractivity contribution in [2.24, 2.45) is 0 Å². The first kappa shape index (κ1) is 19.3. The summed E-state index contributed by atoms with van der Waals surface area (Å²) in [6, 6.07) is 13.0. The lowest BCUT2D eigenvalue weighted by molar-refractivity contribution is -0.113. The van der Waals surface area contributed by atoms with Gasteiger partial charge >= 0.3 is 0 Å². The standard InChI is InChI=1S/C19H19ClN4O2S/c1-3-26-16-7-5-4-6-14(16)18-22-19(24-23-18)27-11-17(25)21-15-9-8-13(20)10-12(15)2/h4-10H,3,11H2,1-2H3,(H,21,25)(H,22,23,24). The molecule has 6 nitrogen and oxygen atoms in total. The van der Waals surface area contributed by atoms with E-state index >= 15 is 0 Å². The molecule has 27 heavy (non-hydrogen) atoms. The van der Waals surface area contributed by atoms with E-state index in [9.17, 15) is 4.79 Å². The number of anilines is 1. The van der Waals surface area contributed by atoms with Gasteiger partial charge in [-0.3, -0.25) is 9.89 Å². The Hall–Kier alpha value is -2.51. The molecule has 0 radical (unpaired) electrons. The molecule has 0 saturated carbocycles. The molecule has 0 atom stereocenters. The third-order valence-electron chi connectivity index (χ3n) is 3.70. The minimum absolute atomic E-state index is 0.133. The number of carbonyl (C=O) groups is 1. The molecule has 3 rings (SSSR count). The van der Waals surface area contributed by atoms with E-state index in [0.29, 0.717) is 22.6 Å². The fourth-order valence-electron chi connectivity index (χ4n) is 2.46. The van der Waals surface area contributed by atoms with Gasteiger partial charge in [0.15, 0.2) is 5.82 Å². The molecule has 1 heterocycles. The SMILES string of the molecule is CCOc1ccccc1-c1nc(SCC(=O)Nc2ccc(Cl)cc2C)n[nH]1. The molecule has 1 aromatic heterocycles. The van der Waals surface area contributed by atoms with Crippen molar-refractivity contribution in [3.63, 3.8) is 0 Å². The molecule has 3 aromatic rings. The molecule has 0 unspecified atom stereocenters. The lowest BCUT2D eigenvalue weighted by atomic mass is 10.2. The molecule has 0 spiro atoms. The van der Waals surface area contributed by atoms with Crippen LogP contribution >= 0.6 is 23.4 Å². The van der Waals surface area contributed by atoms with Gasteiger partial charge in [-0.05, 0) is 49.7 Å². The van der Waals surface area contributed by atoms with E-state index in [1.807, 2.05) is 44.2 Å². The number of hydrogen-bond donors (Lipinski definition) is 2. The van der Waals surface area contributed by atoms with Crippen LogP contribution in [0.4, 0.5) is 5.69 Å². The number of benzene rings is 2. The summed E-state index contributed by atoms with van der Waals surface area (Å²) in [4.78, 5) is 16.6. The summed E-state index contributed by atoms with van der Waals surface area (Å²) >= 11 is 7.19. The van der Waals surface area contributed by atoms with Crippen molar-refractivity contribution < 1.29 is 9.53 Å². The summed E-state index contributed by atoms with van der Waals surface area (Å²) in [5.74, 6) is 1.41. The van der Waals surface area contributed by atoms with Crippen LogP contribution in [0.3, 0.4) is 0 Å². The van der Waals surface area contributed by atoms with Crippen LogP contribution in [0.2, 0.25) is 5.02 Å². The Morgan fingerprint density at radius 3 is 2.89 bits per heavy atom. The van der Waals surface area contributed by atoms with Crippen molar-refractivity contribution >= 4 is 35.0 Å². The van der Waals surface area contributed by atoms with Crippen LogP contribution in [0.5, 0.6) is 5.75 Å². The van der Waals surface area contributed by atoms with E-state index in [1.165, 1.54) is 11.8 Å². The average molecular weight is 403 g/mol. The molecule has 8 heteroatoms. The smallest absolute Gasteiger partial charge is 0.234 e. The Morgan fingerprint density at radius 2 is 2.11 bits per heavy atom. The first-order valence-electron chi connectivity index (χ1n) is 8.40. The fraction of sp³-hybridized carbons (Fsp3) is 0.211. The second kappa shape index (κ2) is 8.92. The van der Waals surface area contributed by atoms with Crippen LogP contribution in [-0.2, 0) is 4.79 Å². The van der Waals surface area contributed by atoms with Crippen LogP contribution in [0.25, 0.3) is 11.4 Å². The lowest BCUT2D eigenvalue weighted by Gasteiger charge is -2.08. The molecule has 0 fully saturated rings. The van der Waals surface area contributed by atoms with Crippen molar-refractivity contribution in [3.8, 4) is 17.1 Å². The van der Waals surface area contributed by atoms with E-state index in [-0.39, 0.29) is 11.7 Å². The largest absolute Gasteiger partial charge is 0.493 e. The number of rotatable bonds is 7. The van der Waals surface area contributed by atoms with E-state index in [4.69, 9.17) is 16.3 Å². The number of para-hydroxylation sites is 1. The quantitative estimate of drug-likeness (QED) is 0.566. The predicted octanol–water partition coefficient (Wildman–Crippen LogP) is 4.56. The number of amides is 1. The molecule has 0 aliphatic heterocycles. The third kappa shape index (κ3) is 5.02. The number of aromatic nitrogens is 3. The molecule has 1 amide bonds. The van der Waals surface area contributed by atoms with Gasteiger partial charge in [0.1, 0.15) is 5.75 Å². The molecular formula is C19H19ClN4O2S. The predicted molar refractivity (Wildman–Crippen MR) is 109 cm³/mol. The zero-order chi connectivity index (χ0) is 19.2. The highest BCUT2D eigenvalue weighted by Gasteiger charge is 2.13. The van der Waals surface area contributed by atoms with Crippen LogP contribution in [0.15, 0.2) is 47.6 Å². The van der Waals surface area contributed by atoms with E-state index < -0.39 is 0 Å². The summed E-state index contributed by atoms with van der Waals surface area (Å²) in [5, 5.41) is 11.1. The third-order valence-corrected chi connectivity index (χ3v) is 4.78. The number of H-pyrrole nitrogens is 1. The van der Waals surface area contributed by atoms with Crippen molar-refractivity contribution in [2.45, 2.75) is 19.0 Å². The molecule has 0 saturated heterocycles. The molecule has 0 bridgehead atoms. The second-order valence-electron chi connectivity index (χ2n) is 5.69. The number of aromatic amines is 1. The van der Waals surface area contributed by atoms with Crippen LogP contribution < -0.4 is 10.1 Å². The van der Waals surface area contributed by atoms with Crippen LogP contribution in [0.1, 0.15) is 12.5 Å². The zero-order valence-electron chi connectivity index (χ0n) is 15.0. The Balaban J connectivity index is 1.62. The summed E-state index contributed by atoms with van der Waals surface area (Å²) in [5.41, 5.74) is 2.49. The van der Waals surface area contributed by atoms with Crippen molar-refractivity contribution in [2.75, 3.05) is 17.7 Å². The number of aryl methyl sites for hydroxylation is 1. The van der Waals surface area contributed by atoms with Gasteiger partial charge in [-0.15, -0.1) is 5.10 Å². The fourth-order valence-corrected chi connectivity index (χ4v) is 3.28. The monoisotopic (exact) mass is 402 g/mol. The summed E-state index contributed by atoms with van der Waals surface area (Å²) in [7, 11) is 0. The summed E-state index contributed by atoms with van der Waals surface area (Å²) in [6.45, 7) is 4.39. The molecule has 2 aromatic carbocycles. The molecular weight excluding hydrogens is 384 g/mol.